The highest BCUT2D eigenvalue weighted by Crippen LogP contribution is 2.30. The fourth-order valence-corrected chi connectivity index (χ4v) is 4.88. The predicted molar refractivity (Wildman–Crippen MR) is 147 cm³/mol. The Morgan fingerprint density at radius 3 is 2.61 bits per heavy atom. The number of carbonyl (C=O) groups is 2. The molecule has 41 heavy (non-hydrogen) atoms. The molecule has 0 spiro atoms. The number of carboxylic acids is 1. The second-order valence-corrected chi connectivity index (χ2v) is 10.1. The van der Waals surface area contributed by atoms with Gasteiger partial charge in [0.1, 0.15) is 17.5 Å². The molecule has 0 bridgehead atoms. The maximum Gasteiger partial charge on any atom is 0.303 e. The van der Waals surface area contributed by atoms with Crippen LogP contribution in [0.2, 0.25) is 0 Å². The fourth-order valence-electron chi connectivity index (χ4n) is 4.88. The fraction of sp³-hybridized carbons (Fsp3) is 0.407. The van der Waals surface area contributed by atoms with Crippen molar-refractivity contribution in [2.24, 2.45) is 0 Å². The van der Waals surface area contributed by atoms with Crippen molar-refractivity contribution in [3.8, 4) is 0 Å². The number of nitrogens with one attached hydrogen (secondary N) is 3. The average molecular weight is 568 g/mol. The molecular formula is C27H31F2N9O3. The minimum Gasteiger partial charge on any atom is -0.481 e. The lowest BCUT2D eigenvalue weighted by Gasteiger charge is -2.32. The summed E-state index contributed by atoms with van der Waals surface area (Å²) in [6, 6.07) is 5.21. The second kappa shape index (κ2) is 12.3. The number of aromatic nitrogens is 6. The average Bonchev–Trinajstić information content (AvgIpc) is 3.56. The van der Waals surface area contributed by atoms with E-state index in [1.807, 2.05) is 22.6 Å². The maximum atomic E-state index is 14.2. The Kier molecular flexibility index (Phi) is 8.36. The molecule has 14 heteroatoms. The number of aryl methyl sites for hydroxylation is 1. The van der Waals surface area contributed by atoms with E-state index in [-0.39, 0.29) is 36.4 Å². The molecule has 216 valence electrons. The number of H-pyrrole nitrogens is 1. The number of benzene rings is 1. The van der Waals surface area contributed by atoms with Crippen molar-refractivity contribution < 1.29 is 23.5 Å². The molecule has 0 radical (unpaired) electrons. The Labute approximate surface area is 234 Å². The van der Waals surface area contributed by atoms with E-state index in [1.165, 1.54) is 12.1 Å². The van der Waals surface area contributed by atoms with Crippen molar-refractivity contribution in [3.05, 3.63) is 53.4 Å². The summed E-state index contributed by atoms with van der Waals surface area (Å²) in [4.78, 5) is 34.4. The van der Waals surface area contributed by atoms with E-state index in [1.54, 1.807) is 6.20 Å². The largest absolute Gasteiger partial charge is 0.481 e. The summed E-state index contributed by atoms with van der Waals surface area (Å²) in [5.41, 5.74) is 1.69. The van der Waals surface area contributed by atoms with Gasteiger partial charge >= 0.3 is 5.97 Å². The van der Waals surface area contributed by atoms with Crippen LogP contribution in [-0.4, -0.2) is 64.9 Å². The Bertz CT molecular complexity index is 1550. The highest BCUT2D eigenvalue weighted by molar-refractivity contribution is 5.89. The van der Waals surface area contributed by atoms with Crippen LogP contribution < -0.4 is 10.6 Å². The van der Waals surface area contributed by atoms with Crippen LogP contribution in [0.15, 0.2) is 30.5 Å². The van der Waals surface area contributed by atoms with Crippen molar-refractivity contribution in [1.82, 2.24) is 34.8 Å². The van der Waals surface area contributed by atoms with E-state index >= 15 is 0 Å². The minimum atomic E-state index is -0.854. The summed E-state index contributed by atoms with van der Waals surface area (Å²) in [7, 11) is 0. The topological polar surface area (TPSA) is 154 Å². The molecule has 5 rings (SSSR count). The van der Waals surface area contributed by atoms with Gasteiger partial charge in [-0.05, 0) is 38.7 Å². The zero-order valence-electron chi connectivity index (χ0n) is 22.5. The van der Waals surface area contributed by atoms with Crippen LogP contribution in [0.3, 0.4) is 0 Å². The third-order valence-corrected chi connectivity index (χ3v) is 7.05. The van der Waals surface area contributed by atoms with E-state index in [2.05, 4.69) is 35.9 Å². The first-order valence-electron chi connectivity index (χ1n) is 13.5. The molecule has 1 fully saturated rings. The summed E-state index contributed by atoms with van der Waals surface area (Å²) >= 11 is 0. The monoisotopic (exact) mass is 567 g/mol. The summed E-state index contributed by atoms with van der Waals surface area (Å²) in [5.74, 6) is -0.901. The smallest absolute Gasteiger partial charge is 0.303 e. The van der Waals surface area contributed by atoms with E-state index in [0.29, 0.717) is 67.9 Å². The van der Waals surface area contributed by atoms with Gasteiger partial charge in [0.25, 0.3) is 0 Å². The molecule has 0 saturated carbocycles. The summed E-state index contributed by atoms with van der Waals surface area (Å²) in [6.07, 6.45) is 4.46. The van der Waals surface area contributed by atoms with Crippen LogP contribution in [0.5, 0.6) is 0 Å². The number of carbonyl (C=O) groups excluding carboxylic acids is 1. The molecule has 1 aliphatic rings. The van der Waals surface area contributed by atoms with Gasteiger partial charge < -0.3 is 20.6 Å². The van der Waals surface area contributed by atoms with Gasteiger partial charge in [-0.25, -0.2) is 13.5 Å². The molecular weight excluding hydrogens is 536 g/mol. The van der Waals surface area contributed by atoms with Gasteiger partial charge in [0.2, 0.25) is 11.9 Å². The van der Waals surface area contributed by atoms with Crippen molar-refractivity contribution in [2.75, 3.05) is 23.7 Å². The molecule has 4 heterocycles. The molecule has 1 amide bonds. The number of hydrogen-bond donors (Lipinski definition) is 4. The Morgan fingerprint density at radius 1 is 1.12 bits per heavy atom. The van der Waals surface area contributed by atoms with Crippen LogP contribution in [0, 0.1) is 18.6 Å². The molecule has 12 nitrogen and oxygen atoms in total. The molecule has 3 aromatic heterocycles. The van der Waals surface area contributed by atoms with Gasteiger partial charge in [0.15, 0.2) is 11.5 Å². The number of amides is 1. The van der Waals surface area contributed by atoms with Gasteiger partial charge in [-0.3, -0.25) is 14.7 Å². The SMILES string of the molecule is Cc1cc(Nc2nc(NCc3ccc(F)cc3F)nc3c2cnn3C2CCN(C(=O)CCCCC(=O)O)CC2)n[nH]1. The van der Waals surface area contributed by atoms with Crippen LogP contribution in [-0.2, 0) is 16.1 Å². The summed E-state index contributed by atoms with van der Waals surface area (Å²) in [5, 5.41) is 27.4. The lowest BCUT2D eigenvalue weighted by Crippen LogP contribution is -2.39. The molecule has 0 unspecified atom stereocenters. The third-order valence-electron chi connectivity index (χ3n) is 7.05. The Morgan fingerprint density at radius 2 is 1.90 bits per heavy atom. The number of hydrogen-bond acceptors (Lipinski definition) is 8. The predicted octanol–water partition coefficient (Wildman–Crippen LogP) is 4.30. The number of halogens is 2. The highest BCUT2D eigenvalue weighted by atomic mass is 19.1. The van der Waals surface area contributed by atoms with E-state index < -0.39 is 17.6 Å². The van der Waals surface area contributed by atoms with E-state index in [4.69, 9.17) is 5.11 Å². The quantitative estimate of drug-likeness (QED) is 0.194. The number of aromatic amines is 1. The first kappa shape index (κ1) is 27.9. The van der Waals surface area contributed by atoms with Gasteiger partial charge in [-0.1, -0.05) is 6.07 Å². The molecule has 0 atom stereocenters. The van der Waals surface area contributed by atoms with Gasteiger partial charge in [0.05, 0.1) is 17.6 Å². The lowest BCUT2D eigenvalue weighted by molar-refractivity contribution is -0.137. The minimum absolute atomic E-state index is 0.0127. The van der Waals surface area contributed by atoms with Gasteiger partial charge in [-0.15, -0.1) is 0 Å². The molecule has 4 aromatic rings. The summed E-state index contributed by atoms with van der Waals surface area (Å²) in [6.45, 7) is 3.03. The van der Waals surface area contributed by atoms with Crippen molar-refractivity contribution in [2.45, 2.75) is 58.0 Å². The number of carboxylic acid groups (broad SMARTS) is 1. The highest BCUT2D eigenvalue weighted by Gasteiger charge is 2.26. The standard InChI is InChI=1S/C27H31F2N9O3/c1-16-12-22(36-35-16)32-25-20-15-31-38(19-8-10-37(11-9-19)23(39)4-2-3-5-24(40)41)26(20)34-27(33-25)30-14-17-6-7-18(28)13-21(17)29/h6-7,12-13,15,19H,2-5,8-11,14H2,1H3,(H,40,41)(H3,30,32,33,34,35,36). The molecule has 4 N–H and O–H groups in total. The summed E-state index contributed by atoms with van der Waals surface area (Å²) < 4.78 is 29.4. The van der Waals surface area contributed by atoms with Crippen LogP contribution in [0.4, 0.5) is 26.4 Å². The molecule has 1 aromatic carbocycles. The van der Waals surface area contributed by atoms with Crippen LogP contribution in [0.25, 0.3) is 11.0 Å². The van der Waals surface area contributed by atoms with Crippen LogP contribution in [0.1, 0.15) is 55.8 Å². The number of rotatable bonds is 11. The van der Waals surface area contributed by atoms with Crippen molar-refractivity contribution in [3.63, 3.8) is 0 Å². The van der Waals surface area contributed by atoms with E-state index in [9.17, 15) is 18.4 Å². The number of likely N-dealkylation sites (tertiary alicyclic amines) is 1. The Hall–Kier alpha value is -4.62. The molecule has 1 aliphatic heterocycles. The van der Waals surface area contributed by atoms with E-state index in [0.717, 1.165) is 11.8 Å². The lowest BCUT2D eigenvalue weighted by atomic mass is 10.0. The van der Waals surface area contributed by atoms with Crippen molar-refractivity contribution >= 4 is 40.5 Å². The molecule has 0 aliphatic carbocycles. The van der Waals surface area contributed by atoms with Gasteiger partial charge in [-0.2, -0.15) is 20.2 Å². The number of piperidine rings is 1. The van der Waals surface area contributed by atoms with Crippen molar-refractivity contribution in [1.29, 1.82) is 0 Å². The van der Waals surface area contributed by atoms with Crippen LogP contribution >= 0.6 is 0 Å². The number of anilines is 3. The van der Waals surface area contributed by atoms with Gasteiger partial charge in [0, 0.05) is 55.9 Å². The third kappa shape index (κ3) is 6.76. The zero-order chi connectivity index (χ0) is 28.9. The number of unbranched alkanes of at least 4 members (excludes halogenated alkanes) is 1. The maximum absolute atomic E-state index is 14.2. The first-order chi connectivity index (χ1) is 19.8. The normalized spacial score (nSPS) is 14.0. The Balaban J connectivity index is 1.33. The first-order valence-corrected chi connectivity index (χ1v) is 13.5. The zero-order valence-corrected chi connectivity index (χ0v) is 22.5. The number of aliphatic carboxylic acids is 1. The number of fused-ring (bicyclic) bond motifs is 1. The molecule has 1 saturated heterocycles. The second-order valence-electron chi connectivity index (χ2n) is 10.1. The number of nitrogens with zero attached hydrogens (tertiary/aromatic N) is 6.